The lowest BCUT2D eigenvalue weighted by Gasteiger charge is -2.12. The Morgan fingerprint density at radius 3 is 2.42 bits per heavy atom. The van der Waals surface area contributed by atoms with Gasteiger partial charge in [0.1, 0.15) is 10.6 Å². The van der Waals surface area contributed by atoms with Crippen LogP contribution in [0.4, 0.5) is 5.00 Å². The Bertz CT molecular complexity index is 1610. The second-order valence-corrected chi connectivity index (χ2v) is 9.50. The molecule has 5 aromatic rings. The number of rotatable bonds is 5. The predicted octanol–water partition coefficient (Wildman–Crippen LogP) is 7.63. The first-order valence-electron chi connectivity index (χ1n) is 11.2. The summed E-state index contributed by atoms with van der Waals surface area (Å²) in [4.78, 5) is 31.1. The van der Waals surface area contributed by atoms with Crippen molar-refractivity contribution in [3.8, 4) is 22.4 Å². The lowest BCUT2D eigenvalue weighted by atomic mass is 10.0. The zero-order chi connectivity index (χ0) is 25.2. The van der Waals surface area contributed by atoms with Crippen molar-refractivity contribution in [1.82, 2.24) is 4.98 Å². The molecule has 0 fully saturated rings. The summed E-state index contributed by atoms with van der Waals surface area (Å²) >= 11 is 7.70. The van der Waals surface area contributed by atoms with Gasteiger partial charge in [-0.3, -0.25) is 4.79 Å². The van der Waals surface area contributed by atoms with Crippen LogP contribution in [0, 0.1) is 6.92 Å². The highest BCUT2D eigenvalue weighted by atomic mass is 35.5. The van der Waals surface area contributed by atoms with E-state index in [2.05, 4.69) is 5.32 Å². The van der Waals surface area contributed by atoms with Crippen LogP contribution >= 0.6 is 22.9 Å². The Morgan fingerprint density at radius 1 is 0.944 bits per heavy atom. The van der Waals surface area contributed by atoms with E-state index in [0.29, 0.717) is 43.3 Å². The van der Waals surface area contributed by atoms with Gasteiger partial charge in [0.25, 0.3) is 5.91 Å². The zero-order valence-corrected chi connectivity index (χ0v) is 21.1. The van der Waals surface area contributed by atoms with Gasteiger partial charge in [-0.15, -0.1) is 11.3 Å². The van der Waals surface area contributed by atoms with Crippen molar-refractivity contribution < 1.29 is 14.3 Å². The summed E-state index contributed by atoms with van der Waals surface area (Å²) in [6, 6.07) is 24.4. The molecule has 1 amide bonds. The van der Waals surface area contributed by atoms with Crippen LogP contribution in [-0.2, 0) is 4.74 Å². The van der Waals surface area contributed by atoms with Crippen LogP contribution < -0.4 is 5.32 Å². The highest BCUT2D eigenvalue weighted by Crippen LogP contribution is 2.37. The van der Waals surface area contributed by atoms with Crippen molar-refractivity contribution >= 4 is 50.7 Å². The fourth-order valence-electron chi connectivity index (χ4n) is 4.04. The Balaban J connectivity index is 1.59. The number of pyridine rings is 1. The summed E-state index contributed by atoms with van der Waals surface area (Å²) in [6.07, 6.45) is 0. The molecule has 36 heavy (non-hydrogen) atoms. The Hall–Kier alpha value is -4.00. The monoisotopic (exact) mass is 512 g/mol. The predicted molar refractivity (Wildman–Crippen MR) is 146 cm³/mol. The Morgan fingerprint density at radius 2 is 1.67 bits per heavy atom. The maximum atomic E-state index is 13.6. The third kappa shape index (κ3) is 4.49. The minimum absolute atomic E-state index is 0.324. The molecule has 0 bridgehead atoms. The van der Waals surface area contributed by atoms with Gasteiger partial charge >= 0.3 is 5.97 Å². The van der Waals surface area contributed by atoms with Gasteiger partial charge in [0.2, 0.25) is 0 Å². The van der Waals surface area contributed by atoms with Crippen LogP contribution in [0.1, 0.15) is 26.3 Å². The number of aromatic nitrogens is 1. The summed E-state index contributed by atoms with van der Waals surface area (Å²) in [6.45, 7) is 2.00. The average Bonchev–Trinajstić information content (AvgIpc) is 3.31. The lowest BCUT2D eigenvalue weighted by molar-refractivity contribution is 0.0603. The first kappa shape index (κ1) is 23.7. The molecule has 178 valence electrons. The second kappa shape index (κ2) is 9.93. The molecule has 0 saturated heterocycles. The molecular weight excluding hydrogens is 492 g/mol. The van der Waals surface area contributed by atoms with Crippen molar-refractivity contribution in [2.24, 2.45) is 0 Å². The highest BCUT2D eigenvalue weighted by molar-refractivity contribution is 7.15. The third-order valence-electron chi connectivity index (χ3n) is 5.88. The number of hydrogen-bond acceptors (Lipinski definition) is 5. The molecule has 0 atom stereocenters. The van der Waals surface area contributed by atoms with Crippen LogP contribution in [0.3, 0.4) is 0 Å². The average molecular weight is 513 g/mol. The summed E-state index contributed by atoms with van der Waals surface area (Å²) in [7, 11) is 1.33. The molecule has 2 heterocycles. The number of esters is 1. The molecule has 3 aromatic carbocycles. The molecule has 1 N–H and O–H groups in total. The quantitative estimate of drug-likeness (QED) is 0.246. The number of carbonyl (C=O) groups excluding carboxylic acids is 2. The number of para-hydroxylation sites is 1. The fourth-order valence-corrected chi connectivity index (χ4v) is 5.23. The van der Waals surface area contributed by atoms with Crippen LogP contribution in [-0.4, -0.2) is 24.0 Å². The highest BCUT2D eigenvalue weighted by Gasteiger charge is 2.24. The van der Waals surface area contributed by atoms with E-state index < -0.39 is 5.97 Å². The number of halogens is 1. The maximum absolute atomic E-state index is 13.6. The topological polar surface area (TPSA) is 68.3 Å². The summed E-state index contributed by atoms with van der Waals surface area (Å²) in [5.41, 5.74) is 5.42. The van der Waals surface area contributed by atoms with E-state index in [1.165, 1.54) is 18.4 Å². The van der Waals surface area contributed by atoms with E-state index in [4.69, 9.17) is 21.3 Å². The van der Waals surface area contributed by atoms with Gasteiger partial charge in [-0.25, -0.2) is 9.78 Å². The van der Waals surface area contributed by atoms with Gasteiger partial charge in [-0.05, 0) is 30.7 Å². The molecule has 0 spiro atoms. The van der Waals surface area contributed by atoms with Gasteiger partial charge in [-0.1, -0.05) is 77.8 Å². The summed E-state index contributed by atoms with van der Waals surface area (Å²) in [5, 5.41) is 6.46. The second-order valence-electron chi connectivity index (χ2n) is 8.22. The number of anilines is 1. The molecule has 7 heteroatoms. The molecule has 0 radical (unpaired) electrons. The van der Waals surface area contributed by atoms with Crippen molar-refractivity contribution in [3.05, 3.63) is 106 Å². The molecule has 0 aliphatic rings. The molecule has 0 unspecified atom stereocenters. The zero-order valence-electron chi connectivity index (χ0n) is 19.5. The first-order valence-corrected chi connectivity index (χ1v) is 12.4. The number of methoxy groups -OCH3 is 1. The van der Waals surface area contributed by atoms with E-state index in [9.17, 15) is 9.59 Å². The molecule has 0 aliphatic carbocycles. The van der Waals surface area contributed by atoms with E-state index in [0.717, 1.165) is 16.7 Å². The van der Waals surface area contributed by atoms with Crippen molar-refractivity contribution in [2.75, 3.05) is 12.4 Å². The smallest absolute Gasteiger partial charge is 0.341 e. The van der Waals surface area contributed by atoms with Gasteiger partial charge < -0.3 is 10.1 Å². The Kier molecular flexibility index (Phi) is 6.55. The number of aryl methyl sites for hydroxylation is 1. The number of hydrogen-bond donors (Lipinski definition) is 1. The van der Waals surface area contributed by atoms with Crippen molar-refractivity contribution in [3.63, 3.8) is 0 Å². The summed E-state index contributed by atoms with van der Waals surface area (Å²) < 4.78 is 5.06. The number of nitrogens with zero attached hydrogens (tertiary/aromatic N) is 1. The normalized spacial score (nSPS) is 10.9. The summed E-state index contributed by atoms with van der Waals surface area (Å²) in [5.74, 6) is -0.872. The van der Waals surface area contributed by atoms with Crippen LogP contribution in [0.25, 0.3) is 33.3 Å². The molecule has 0 aliphatic heterocycles. The molecule has 5 nitrogen and oxygen atoms in total. The molecule has 5 rings (SSSR count). The van der Waals surface area contributed by atoms with Crippen LogP contribution in [0.2, 0.25) is 5.02 Å². The minimum Gasteiger partial charge on any atom is -0.465 e. The minimum atomic E-state index is -0.515. The number of thiophene rings is 1. The van der Waals surface area contributed by atoms with Crippen molar-refractivity contribution in [1.29, 1.82) is 0 Å². The first-order chi connectivity index (χ1) is 17.5. The van der Waals surface area contributed by atoms with Gasteiger partial charge in [-0.2, -0.15) is 0 Å². The number of amides is 1. The number of carbonyl (C=O) groups is 2. The van der Waals surface area contributed by atoms with Crippen molar-refractivity contribution in [2.45, 2.75) is 6.92 Å². The van der Waals surface area contributed by atoms with Gasteiger partial charge in [0, 0.05) is 26.9 Å². The van der Waals surface area contributed by atoms with Crippen LogP contribution in [0.5, 0.6) is 0 Å². The number of benzene rings is 3. The van der Waals surface area contributed by atoms with E-state index >= 15 is 0 Å². The van der Waals surface area contributed by atoms with Gasteiger partial charge in [0.05, 0.1) is 23.9 Å². The number of ether oxygens (including phenoxy) is 1. The Labute approximate surface area is 217 Å². The van der Waals surface area contributed by atoms with Gasteiger partial charge in [0.15, 0.2) is 0 Å². The van der Waals surface area contributed by atoms with Crippen LogP contribution in [0.15, 0.2) is 84.2 Å². The lowest BCUT2D eigenvalue weighted by Crippen LogP contribution is -2.15. The molecule has 0 saturated carbocycles. The molecular formula is C29H21ClN2O3S. The van der Waals surface area contributed by atoms with E-state index in [1.54, 1.807) is 12.1 Å². The molecule has 2 aromatic heterocycles. The standard InChI is InChI=1S/C29H21ClN2O3S/c1-17-11-13-18(14-12-17)22-16-36-28(26(22)29(34)35-2)32-27(33)21-15-25(20-8-3-5-9-23(20)30)31-24-10-6-4-7-19(21)24/h3-16H,1-2H3,(H,32,33). The SMILES string of the molecule is COC(=O)c1c(-c2ccc(C)cc2)csc1NC(=O)c1cc(-c2ccccc2Cl)nc2ccccc12. The van der Waals surface area contributed by atoms with E-state index in [1.807, 2.05) is 79.0 Å². The maximum Gasteiger partial charge on any atom is 0.341 e. The fraction of sp³-hybridized carbons (Fsp3) is 0.0690. The largest absolute Gasteiger partial charge is 0.465 e. The number of nitrogens with one attached hydrogen (secondary N) is 1. The number of fused-ring (bicyclic) bond motifs is 1. The van der Waals surface area contributed by atoms with E-state index in [-0.39, 0.29) is 5.91 Å². The third-order valence-corrected chi connectivity index (χ3v) is 7.11.